The van der Waals surface area contributed by atoms with Gasteiger partial charge in [-0.05, 0) is 19.1 Å². The third-order valence-electron chi connectivity index (χ3n) is 3.16. The van der Waals surface area contributed by atoms with Gasteiger partial charge in [-0.1, -0.05) is 13.8 Å². The lowest BCUT2D eigenvalue weighted by molar-refractivity contribution is 0.412. The number of ether oxygens (including phenoxy) is 1. The van der Waals surface area contributed by atoms with E-state index in [1.165, 1.54) is 5.69 Å². The SMILES string of the molecule is COc1cc(C)nc(Cn2cccc2CNC(C)C)c1. The quantitative estimate of drug-likeness (QED) is 0.879. The molecule has 0 aliphatic carbocycles. The molecule has 2 rings (SSSR count). The number of hydrogen-bond donors (Lipinski definition) is 1. The van der Waals surface area contributed by atoms with Crippen LogP contribution >= 0.6 is 0 Å². The van der Waals surface area contributed by atoms with Crippen molar-refractivity contribution >= 4 is 0 Å². The highest BCUT2D eigenvalue weighted by Crippen LogP contribution is 2.15. The zero-order chi connectivity index (χ0) is 14.5. The minimum atomic E-state index is 0.482. The number of nitrogens with zero attached hydrogens (tertiary/aromatic N) is 2. The van der Waals surface area contributed by atoms with Crippen molar-refractivity contribution in [3.8, 4) is 5.75 Å². The molecule has 20 heavy (non-hydrogen) atoms. The zero-order valence-electron chi connectivity index (χ0n) is 12.7. The molecule has 0 fully saturated rings. The lowest BCUT2D eigenvalue weighted by atomic mass is 10.3. The Morgan fingerprint density at radius 1 is 1.35 bits per heavy atom. The molecule has 0 unspecified atom stereocenters. The largest absolute Gasteiger partial charge is 0.497 e. The minimum absolute atomic E-state index is 0.482. The van der Waals surface area contributed by atoms with Crippen molar-refractivity contribution < 1.29 is 4.74 Å². The summed E-state index contributed by atoms with van der Waals surface area (Å²) in [6.07, 6.45) is 2.09. The number of aromatic nitrogens is 2. The van der Waals surface area contributed by atoms with Gasteiger partial charge in [0.1, 0.15) is 5.75 Å². The smallest absolute Gasteiger partial charge is 0.122 e. The topological polar surface area (TPSA) is 39.1 Å². The van der Waals surface area contributed by atoms with Gasteiger partial charge in [-0.25, -0.2) is 0 Å². The van der Waals surface area contributed by atoms with Gasteiger partial charge in [0.15, 0.2) is 0 Å². The molecule has 0 saturated carbocycles. The molecule has 0 spiro atoms. The summed E-state index contributed by atoms with van der Waals surface area (Å²) in [5.41, 5.74) is 3.26. The van der Waals surface area contributed by atoms with Crippen LogP contribution in [0, 0.1) is 6.92 Å². The van der Waals surface area contributed by atoms with E-state index >= 15 is 0 Å². The molecular weight excluding hydrogens is 250 g/mol. The van der Waals surface area contributed by atoms with Gasteiger partial charge in [0.05, 0.1) is 19.3 Å². The molecule has 2 aromatic heterocycles. The van der Waals surface area contributed by atoms with E-state index in [4.69, 9.17) is 4.74 Å². The molecule has 0 amide bonds. The predicted octanol–water partition coefficient (Wildman–Crippen LogP) is 2.75. The fourth-order valence-corrected chi connectivity index (χ4v) is 2.15. The van der Waals surface area contributed by atoms with Crippen LogP contribution in [-0.2, 0) is 13.1 Å². The maximum Gasteiger partial charge on any atom is 0.122 e. The first-order valence-corrected chi connectivity index (χ1v) is 6.97. The Hall–Kier alpha value is -1.81. The average Bonchev–Trinajstić information content (AvgIpc) is 2.83. The van der Waals surface area contributed by atoms with Gasteiger partial charge in [0.25, 0.3) is 0 Å². The maximum absolute atomic E-state index is 5.30. The maximum atomic E-state index is 5.30. The third kappa shape index (κ3) is 3.84. The average molecular weight is 273 g/mol. The molecule has 0 bridgehead atoms. The van der Waals surface area contributed by atoms with Crippen LogP contribution in [0.25, 0.3) is 0 Å². The number of aryl methyl sites for hydroxylation is 1. The van der Waals surface area contributed by atoms with Crippen LogP contribution in [0.3, 0.4) is 0 Å². The normalized spacial score (nSPS) is 11.1. The number of methoxy groups -OCH3 is 1. The first kappa shape index (κ1) is 14.6. The molecule has 2 heterocycles. The molecule has 4 nitrogen and oxygen atoms in total. The lowest BCUT2D eigenvalue weighted by Crippen LogP contribution is -2.23. The van der Waals surface area contributed by atoms with Gasteiger partial charge in [0, 0.05) is 42.3 Å². The van der Waals surface area contributed by atoms with E-state index in [1.54, 1.807) is 7.11 Å². The Bertz CT molecular complexity index is 561. The Kier molecular flexibility index (Phi) is 4.79. The Morgan fingerprint density at radius 2 is 2.15 bits per heavy atom. The molecule has 0 radical (unpaired) electrons. The van der Waals surface area contributed by atoms with Crippen molar-refractivity contribution in [3.63, 3.8) is 0 Å². The van der Waals surface area contributed by atoms with E-state index < -0.39 is 0 Å². The highest BCUT2D eigenvalue weighted by Gasteiger charge is 2.05. The lowest BCUT2D eigenvalue weighted by Gasteiger charge is -2.13. The summed E-state index contributed by atoms with van der Waals surface area (Å²) in [6.45, 7) is 7.93. The predicted molar refractivity (Wildman–Crippen MR) is 81.0 cm³/mol. The van der Waals surface area contributed by atoms with Crippen molar-refractivity contribution in [1.29, 1.82) is 0 Å². The third-order valence-corrected chi connectivity index (χ3v) is 3.16. The van der Waals surface area contributed by atoms with E-state index in [0.717, 1.165) is 30.2 Å². The molecule has 2 aromatic rings. The summed E-state index contributed by atoms with van der Waals surface area (Å²) in [6, 6.07) is 8.63. The number of hydrogen-bond acceptors (Lipinski definition) is 3. The fourth-order valence-electron chi connectivity index (χ4n) is 2.15. The molecule has 0 saturated heterocycles. The highest BCUT2D eigenvalue weighted by molar-refractivity contribution is 5.27. The fraction of sp³-hybridized carbons (Fsp3) is 0.438. The van der Waals surface area contributed by atoms with Gasteiger partial charge in [-0.2, -0.15) is 0 Å². The van der Waals surface area contributed by atoms with Gasteiger partial charge in [-0.15, -0.1) is 0 Å². The first-order valence-electron chi connectivity index (χ1n) is 6.97. The molecule has 0 aliphatic rings. The van der Waals surface area contributed by atoms with Gasteiger partial charge < -0.3 is 14.6 Å². The van der Waals surface area contributed by atoms with Crippen molar-refractivity contribution in [3.05, 3.63) is 47.5 Å². The number of nitrogens with one attached hydrogen (secondary N) is 1. The summed E-state index contributed by atoms with van der Waals surface area (Å²) in [5.74, 6) is 0.863. The zero-order valence-corrected chi connectivity index (χ0v) is 12.7. The molecule has 108 valence electrons. The summed E-state index contributed by atoms with van der Waals surface area (Å²) in [5, 5.41) is 3.44. The van der Waals surface area contributed by atoms with Gasteiger partial charge in [-0.3, -0.25) is 4.98 Å². The van der Waals surface area contributed by atoms with Gasteiger partial charge in [0.2, 0.25) is 0 Å². The van der Waals surface area contributed by atoms with E-state index in [0.29, 0.717) is 6.04 Å². The summed E-state index contributed by atoms with van der Waals surface area (Å²) >= 11 is 0. The molecule has 4 heteroatoms. The second-order valence-electron chi connectivity index (χ2n) is 5.30. The molecule has 0 aliphatic heterocycles. The van der Waals surface area contributed by atoms with E-state index in [2.05, 4.69) is 47.0 Å². The van der Waals surface area contributed by atoms with Crippen LogP contribution in [0.15, 0.2) is 30.5 Å². The molecule has 0 aromatic carbocycles. The summed E-state index contributed by atoms with van der Waals surface area (Å²) in [7, 11) is 1.69. The van der Waals surface area contributed by atoms with Crippen molar-refractivity contribution in [2.75, 3.05) is 7.11 Å². The second kappa shape index (κ2) is 6.57. The monoisotopic (exact) mass is 273 g/mol. The molecule has 0 atom stereocenters. The molecular formula is C16H23N3O. The second-order valence-corrected chi connectivity index (χ2v) is 5.30. The first-order chi connectivity index (χ1) is 9.58. The van der Waals surface area contributed by atoms with Crippen LogP contribution in [-0.4, -0.2) is 22.7 Å². The van der Waals surface area contributed by atoms with Crippen molar-refractivity contribution in [1.82, 2.24) is 14.9 Å². The minimum Gasteiger partial charge on any atom is -0.497 e. The molecule has 1 N–H and O–H groups in total. The Morgan fingerprint density at radius 3 is 2.85 bits per heavy atom. The van der Waals surface area contributed by atoms with Crippen LogP contribution in [0.4, 0.5) is 0 Å². The summed E-state index contributed by atoms with van der Waals surface area (Å²) in [4.78, 5) is 4.57. The van der Waals surface area contributed by atoms with E-state index in [1.807, 2.05) is 19.1 Å². The van der Waals surface area contributed by atoms with Crippen LogP contribution in [0.2, 0.25) is 0 Å². The van der Waals surface area contributed by atoms with Crippen molar-refractivity contribution in [2.24, 2.45) is 0 Å². The Labute approximate surface area is 120 Å². The van der Waals surface area contributed by atoms with Gasteiger partial charge >= 0.3 is 0 Å². The van der Waals surface area contributed by atoms with Crippen molar-refractivity contribution in [2.45, 2.75) is 39.9 Å². The highest BCUT2D eigenvalue weighted by atomic mass is 16.5. The Balaban J connectivity index is 2.14. The van der Waals surface area contributed by atoms with E-state index in [-0.39, 0.29) is 0 Å². The summed E-state index contributed by atoms with van der Waals surface area (Å²) < 4.78 is 7.52. The van der Waals surface area contributed by atoms with Crippen LogP contribution in [0.5, 0.6) is 5.75 Å². The van der Waals surface area contributed by atoms with Crippen LogP contribution in [0.1, 0.15) is 30.9 Å². The number of rotatable bonds is 6. The van der Waals surface area contributed by atoms with Crippen LogP contribution < -0.4 is 10.1 Å². The standard InChI is InChI=1S/C16H23N3O/c1-12(2)17-10-15-6-5-7-19(15)11-14-9-16(20-4)8-13(3)18-14/h5-9,12,17H,10-11H2,1-4H3. The van der Waals surface area contributed by atoms with E-state index in [9.17, 15) is 0 Å². The number of pyridine rings is 1.